The molecule has 1 saturated heterocycles. The summed E-state index contributed by atoms with van der Waals surface area (Å²) in [5.41, 5.74) is 6.39. The SMILES string of the molecule is Cl.Nc1ccc(C(=O)N2CCS(=O)(=O)CC2)c(Cl)c1. The molecule has 8 heteroatoms. The van der Waals surface area contributed by atoms with Gasteiger partial charge in [-0.3, -0.25) is 4.79 Å². The number of carbonyl (C=O) groups excluding carboxylic acids is 1. The molecule has 1 aliphatic rings. The van der Waals surface area contributed by atoms with Crippen molar-refractivity contribution in [3.05, 3.63) is 28.8 Å². The third-order valence-corrected chi connectivity index (χ3v) is 4.78. The maximum absolute atomic E-state index is 12.1. The summed E-state index contributed by atoms with van der Waals surface area (Å²) in [7, 11) is -3.00. The van der Waals surface area contributed by atoms with Crippen molar-refractivity contribution in [2.45, 2.75) is 0 Å². The number of benzene rings is 1. The molecule has 19 heavy (non-hydrogen) atoms. The predicted octanol–water partition coefficient (Wildman–Crippen LogP) is 1.21. The molecule has 0 radical (unpaired) electrons. The Kier molecular flexibility index (Phi) is 5.06. The van der Waals surface area contributed by atoms with E-state index in [0.29, 0.717) is 11.3 Å². The van der Waals surface area contributed by atoms with Crippen LogP contribution in [0.1, 0.15) is 10.4 Å². The van der Waals surface area contributed by atoms with Gasteiger partial charge in [-0.05, 0) is 18.2 Å². The molecule has 2 N–H and O–H groups in total. The van der Waals surface area contributed by atoms with Gasteiger partial charge >= 0.3 is 0 Å². The number of hydrogen-bond donors (Lipinski definition) is 1. The molecule has 0 atom stereocenters. The van der Waals surface area contributed by atoms with Crippen LogP contribution in [-0.2, 0) is 9.84 Å². The zero-order valence-electron chi connectivity index (χ0n) is 10.0. The highest BCUT2D eigenvalue weighted by molar-refractivity contribution is 7.91. The van der Waals surface area contributed by atoms with Crippen LogP contribution >= 0.6 is 24.0 Å². The maximum atomic E-state index is 12.1. The fourth-order valence-corrected chi connectivity index (χ4v) is 3.26. The maximum Gasteiger partial charge on any atom is 0.255 e. The molecule has 0 bridgehead atoms. The minimum Gasteiger partial charge on any atom is -0.399 e. The van der Waals surface area contributed by atoms with Gasteiger partial charge in [0, 0.05) is 18.8 Å². The molecule has 5 nitrogen and oxygen atoms in total. The Balaban J connectivity index is 0.00000180. The first-order chi connectivity index (χ1) is 8.39. The van der Waals surface area contributed by atoms with Crippen molar-refractivity contribution >= 4 is 45.4 Å². The number of hydrogen-bond acceptors (Lipinski definition) is 4. The fourth-order valence-electron chi connectivity index (χ4n) is 1.79. The Morgan fingerprint density at radius 3 is 2.37 bits per heavy atom. The summed E-state index contributed by atoms with van der Waals surface area (Å²) in [5.74, 6) is -0.244. The fraction of sp³-hybridized carbons (Fsp3) is 0.364. The van der Waals surface area contributed by atoms with Crippen LogP contribution in [-0.4, -0.2) is 43.8 Å². The zero-order chi connectivity index (χ0) is 13.3. The number of sulfone groups is 1. The van der Waals surface area contributed by atoms with Crippen molar-refractivity contribution in [1.82, 2.24) is 4.90 Å². The minimum atomic E-state index is -3.00. The Bertz CT molecular complexity index is 576. The van der Waals surface area contributed by atoms with Crippen molar-refractivity contribution in [2.75, 3.05) is 30.3 Å². The molecule has 1 aromatic carbocycles. The van der Waals surface area contributed by atoms with Gasteiger partial charge in [-0.15, -0.1) is 12.4 Å². The third kappa shape index (κ3) is 3.75. The van der Waals surface area contributed by atoms with Crippen molar-refractivity contribution in [3.63, 3.8) is 0 Å². The van der Waals surface area contributed by atoms with Gasteiger partial charge in [0.05, 0.1) is 22.1 Å². The van der Waals surface area contributed by atoms with Crippen LogP contribution < -0.4 is 5.73 Å². The van der Waals surface area contributed by atoms with E-state index in [1.54, 1.807) is 12.1 Å². The highest BCUT2D eigenvalue weighted by Gasteiger charge is 2.26. The highest BCUT2D eigenvalue weighted by Crippen LogP contribution is 2.21. The number of halogens is 2. The summed E-state index contributed by atoms with van der Waals surface area (Å²) in [5, 5.41) is 0.286. The number of nitrogens with two attached hydrogens (primary N) is 1. The second kappa shape index (κ2) is 5.98. The molecule has 1 fully saturated rings. The number of nitrogens with zero attached hydrogens (tertiary/aromatic N) is 1. The van der Waals surface area contributed by atoms with E-state index in [4.69, 9.17) is 17.3 Å². The lowest BCUT2D eigenvalue weighted by atomic mass is 10.2. The highest BCUT2D eigenvalue weighted by atomic mass is 35.5. The van der Waals surface area contributed by atoms with E-state index in [-0.39, 0.29) is 47.9 Å². The summed E-state index contributed by atoms with van der Waals surface area (Å²) in [6.07, 6.45) is 0. The van der Waals surface area contributed by atoms with E-state index in [1.807, 2.05) is 0 Å². The molecule has 0 aromatic heterocycles. The largest absolute Gasteiger partial charge is 0.399 e. The normalized spacial score (nSPS) is 17.6. The first kappa shape index (κ1) is 16.1. The molecule has 1 aromatic rings. The van der Waals surface area contributed by atoms with Gasteiger partial charge in [0.2, 0.25) is 0 Å². The summed E-state index contributed by atoms with van der Waals surface area (Å²) in [6.45, 7) is 0.420. The van der Waals surface area contributed by atoms with Crippen molar-refractivity contribution < 1.29 is 13.2 Å². The molecular formula is C11H14Cl2N2O3S. The van der Waals surface area contributed by atoms with E-state index in [1.165, 1.54) is 11.0 Å². The van der Waals surface area contributed by atoms with E-state index >= 15 is 0 Å². The van der Waals surface area contributed by atoms with Gasteiger partial charge in [-0.1, -0.05) is 11.6 Å². The second-order valence-corrected chi connectivity index (χ2v) is 6.89. The molecular weight excluding hydrogens is 311 g/mol. The number of anilines is 1. The summed E-state index contributed by atoms with van der Waals surface area (Å²) >= 11 is 5.95. The van der Waals surface area contributed by atoms with Crippen LogP contribution in [0.2, 0.25) is 5.02 Å². The van der Waals surface area contributed by atoms with E-state index in [9.17, 15) is 13.2 Å². The first-order valence-electron chi connectivity index (χ1n) is 5.44. The summed E-state index contributed by atoms with van der Waals surface area (Å²) in [4.78, 5) is 13.6. The lowest BCUT2D eigenvalue weighted by Crippen LogP contribution is -2.43. The van der Waals surface area contributed by atoms with Crippen molar-refractivity contribution in [2.24, 2.45) is 0 Å². The standard InChI is InChI=1S/C11H13ClN2O3S.ClH/c12-10-7-8(13)1-2-9(10)11(15)14-3-5-18(16,17)6-4-14;/h1-2,7H,3-6,13H2;1H. The zero-order valence-corrected chi connectivity index (χ0v) is 12.4. The number of carbonyl (C=O) groups is 1. The van der Waals surface area contributed by atoms with Gasteiger partial charge in [0.1, 0.15) is 0 Å². The van der Waals surface area contributed by atoms with Gasteiger partial charge in [0.25, 0.3) is 5.91 Å². The van der Waals surface area contributed by atoms with Crippen molar-refractivity contribution in [1.29, 1.82) is 0 Å². The second-order valence-electron chi connectivity index (χ2n) is 4.18. The number of rotatable bonds is 1. The number of amides is 1. The quantitative estimate of drug-likeness (QED) is 0.787. The average molecular weight is 325 g/mol. The summed E-state index contributed by atoms with van der Waals surface area (Å²) in [6, 6.07) is 4.67. The lowest BCUT2D eigenvalue weighted by molar-refractivity contribution is 0.0770. The Morgan fingerprint density at radius 2 is 1.84 bits per heavy atom. The molecule has 0 unspecified atom stereocenters. The van der Waals surface area contributed by atoms with Gasteiger partial charge in [0.15, 0.2) is 9.84 Å². The molecule has 0 aliphatic carbocycles. The van der Waals surface area contributed by atoms with Crippen LogP contribution in [0.25, 0.3) is 0 Å². The molecule has 106 valence electrons. The lowest BCUT2D eigenvalue weighted by Gasteiger charge is -2.27. The topological polar surface area (TPSA) is 80.5 Å². The van der Waals surface area contributed by atoms with Crippen molar-refractivity contribution in [3.8, 4) is 0 Å². The third-order valence-electron chi connectivity index (χ3n) is 2.86. The molecule has 1 heterocycles. The van der Waals surface area contributed by atoms with Crippen LogP contribution in [0.3, 0.4) is 0 Å². The first-order valence-corrected chi connectivity index (χ1v) is 7.64. The smallest absolute Gasteiger partial charge is 0.255 e. The van der Waals surface area contributed by atoms with Crippen LogP contribution in [0.15, 0.2) is 18.2 Å². The number of nitrogen functional groups attached to an aromatic ring is 1. The van der Waals surface area contributed by atoms with Gasteiger partial charge in [-0.2, -0.15) is 0 Å². The van der Waals surface area contributed by atoms with E-state index in [0.717, 1.165) is 0 Å². The van der Waals surface area contributed by atoms with Gasteiger partial charge < -0.3 is 10.6 Å². The van der Waals surface area contributed by atoms with Gasteiger partial charge in [-0.25, -0.2) is 8.42 Å². The van der Waals surface area contributed by atoms with Crippen LogP contribution in [0, 0.1) is 0 Å². The molecule has 2 rings (SSSR count). The predicted molar refractivity (Wildman–Crippen MR) is 77.7 cm³/mol. The van der Waals surface area contributed by atoms with Crippen LogP contribution in [0.5, 0.6) is 0 Å². The molecule has 1 amide bonds. The molecule has 0 saturated carbocycles. The monoisotopic (exact) mass is 324 g/mol. The molecule has 0 spiro atoms. The molecule has 1 aliphatic heterocycles. The van der Waals surface area contributed by atoms with Crippen LogP contribution in [0.4, 0.5) is 5.69 Å². The van der Waals surface area contributed by atoms with E-state index < -0.39 is 9.84 Å². The summed E-state index contributed by atoms with van der Waals surface area (Å²) < 4.78 is 22.6. The minimum absolute atomic E-state index is 0. The Labute approximate surface area is 123 Å². The Hall–Kier alpha value is -0.980. The average Bonchev–Trinajstić information content (AvgIpc) is 2.28. The van der Waals surface area contributed by atoms with E-state index in [2.05, 4.69) is 0 Å². The Morgan fingerprint density at radius 1 is 1.26 bits per heavy atom.